The number of hydrogen-bond acceptors (Lipinski definition) is 5. The zero-order valence-corrected chi connectivity index (χ0v) is 25.6. The van der Waals surface area contributed by atoms with Crippen molar-refractivity contribution in [1.82, 2.24) is 9.30 Å². The predicted molar refractivity (Wildman–Crippen MR) is 165 cm³/mol. The standard InChI is InChI=1S/C33H46N2O4.ClH/c1-5-9-13-27-24-29-25-28(33(37)38-8-4)18-22-35(29)31(27)32(36)26-14-16-30(17-15-26)39-23-12-21-34(19-10-6-2)20-11-7-3;/h14-18,22,24-25H,5-13,19-21,23H2,1-4H3;1H. The van der Waals surface area contributed by atoms with Gasteiger partial charge in [0.15, 0.2) is 0 Å². The van der Waals surface area contributed by atoms with Gasteiger partial charge in [-0.05, 0) is 100 Å². The van der Waals surface area contributed by atoms with Crippen molar-refractivity contribution in [1.29, 1.82) is 0 Å². The van der Waals surface area contributed by atoms with Crippen molar-refractivity contribution >= 4 is 29.7 Å². The summed E-state index contributed by atoms with van der Waals surface area (Å²) in [6.07, 6.45) is 10.5. The third kappa shape index (κ3) is 9.38. The number of carbonyl (C=O) groups excluding carboxylic acids is 2. The number of esters is 1. The first kappa shape index (κ1) is 33.4. The Bertz CT molecular complexity index is 1180. The van der Waals surface area contributed by atoms with E-state index in [0.29, 0.717) is 30.0 Å². The zero-order chi connectivity index (χ0) is 28.0. The third-order valence-electron chi connectivity index (χ3n) is 7.04. The quantitative estimate of drug-likeness (QED) is 0.0887. The minimum Gasteiger partial charge on any atom is -0.494 e. The molecule has 1 aromatic carbocycles. The van der Waals surface area contributed by atoms with E-state index in [4.69, 9.17) is 9.47 Å². The molecule has 0 bridgehead atoms. The number of benzene rings is 1. The zero-order valence-electron chi connectivity index (χ0n) is 24.7. The van der Waals surface area contributed by atoms with Crippen LogP contribution in [-0.4, -0.2) is 53.9 Å². The van der Waals surface area contributed by atoms with E-state index in [-0.39, 0.29) is 24.2 Å². The fourth-order valence-electron chi connectivity index (χ4n) is 4.81. The van der Waals surface area contributed by atoms with Crippen LogP contribution < -0.4 is 4.74 Å². The van der Waals surface area contributed by atoms with Crippen LogP contribution in [0.25, 0.3) is 5.52 Å². The van der Waals surface area contributed by atoms with Crippen LogP contribution in [0.1, 0.15) is 105 Å². The van der Waals surface area contributed by atoms with Crippen molar-refractivity contribution in [2.75, 3.05) is 32.8 Å². The Balaban J connectivity index is 0.00000560. The van der Waals surface area contributed by atoms with Crippen molar-refractivity contribution in [2.24, 2.45) is 0 Å². The third-order valence-corrected chi connectivity index (χ3v) is 7.04. The number of aromatic nitrogens is 1. The van der Waals surface area contributed by atoms with E-state index >= 15 is 0 Å². The molecule has 0 atom stereocenters. The molecule has 0 unspecified atom stereocenters. The summed E-state index contributed by atoms with van der Waals surface area (Å²) < 4.78 is 13.1. The van der Waals surface area contributed by atoms with E-state index < -0.39 is 0 Å². The molecule has 0 N–H and O–H groups in total. The monoisotopic (exact) mass is 570 g/mol. The van der Waals surface area contributed by atoms with Gasteiger partial charge in [-0.2, -0.15) is 0 Å². The van der Waals surface area contributed by atoms with Gasteiger partial charge in [0.2, 0.25) is 5.78 Å². The van der Waals surface area contributed by atoms with Crippen molar-refractivity contribution in [3.63, 3.8) is 0 Å². The largest absolute Gasteiger partial charge is 0.494 e. The first-order valence-electron chi connectivity index (χ1n) is 14.8. The predicted octanol–water partition coefficient (Wildman–Crippen LogP) is 7.78. The Labute approximate surface area is 246 Å². The molecule has 0 spiro atoms. The lowest BCUT2D eigenvalue weighted by molar-refractivity contribution is 0.0526. The van der Waals surface area contributed by atoms with Gasteiger partial charge in [0, 0.05) is 23.8 Å². The van der Waals surface area contributed by atoms with Gasteiger partial charge in [-0.25, -0.2) is 4.79 Å². The van der Waals surface area contributed by atoms with Gasteiger partial charge in [0.05, 0.1) is 24.5 Å². The highest BCUT2D eigenvalue weighted by Crippen LogP contribution is 2.24. The first-order chi connectivity index (χ1) is 19.0. The van der Waals surface area contributed by atoms with Gasteiger partial charge in [-0.3, -0.25) is 4.79 Å². The molecule has 0 saturated carbocycles. The maximum Gasteiger partial charge on any atom is 0.338 e. The number of nitrogens with zero attached hydrogens (tertiary/aromatic N) is 2. The van der Waals surface area contributed by atoms with Crippen molar-refractivity contribution in [2.45, 2.75) is 79.1 Å². The molecule has 40 heavy (non-hydrogen) atoms. The number of carbonyl (C=O) groups is 2. The highest BCUT2D eigenvalue weighted by atomic mass is 35.5. The second-order valence-electron chi connectivity index (χ2n) is 10.2. The summed E-state index contributed by atoms with van der Waals surface area (Å²) >= 11 is 0. The number of aryl methyl sites for hydroxylation is 1. The van der Waals surface area contributed by atoms with Crippen LogP contribution in [0.5, 0.6) is 5.75 Å². The van der Waals surface area contributed by atoms with Gasteiger partial charge in [-0.1, -0.05) is 40.0 Å². The Hall–Kier alpha value is -2.83. The van der Waals surface area contributed by atoms with Crippen LogP contribution in [-0.2, 0) is 11.2 Å². The van der Waals surface area contributed by atoms with Crippen molar-refractivity contribution in [3.8, 4) is 5.75 Å². The molecule has 0 fully saturated rings. The molecule has 2 aromatic heterocycles. The Kier molecular flexibility index (Phi) is 14.8. The van der Waals surface area contributed by atoms with E-state index in [0.717, 1.165) is 62.1 Å². The van der Waals surface area contributed by atoms with Gasteiger partial charge in [0.1, 0.15) is 5.75 Å². The lowest BCUT2D eigenvalue weighted by Crippen LogP contribution is -2.28. The van der Waals surface area contributed by atoms with Crippen LogP contribution in [0.4, 0.5) is 0 Å². The van der Waals surface area contributed by atoms with Crippen LogP contribution in [0.3, 0.4) is 0 Å². The average Bonchev–Trinajstić information content (AvgIpc) is 3.32. The van der Waals surface area contributed by atoms with Gasteiger partial charge < -0.3 is 18.8 Å². The fourth-order valence-corrected chi connectivity index (χ4v) is 4.81. The molecule has 6 nitrogen and oxygen atoms in total. The summed E-state index contributed by atoms with van der Waals surface area (Å²) in [4.78, 5) is 28.5. The second-order valence-corrected chi connectivity index (χ2v) is 10.2. The van der Waals surface area contributed by atoms with E-state index in [1.807, 2.05) is 34.7 Å². The van der Waals surface area contributed by atoms with Gasteiger partial charge >= 0.3 is 5.97 Å². The van der Waals surface area contributed by atoms with Gasteiger partial charge in [0.25, 0.3) is 0 Å². The minimum atomic E-state index is -0.352. The maximum atomic E-state index is 13.7. The van der Waals surface area contributed by atoms with Crippen LogP contribution in [0.2, 0.25) is 0 Å². The lowest BCUT2D eigenvalue weighted by Gasteiger charge is -2.21. The van der Waals surface area contributed by atoms with Crippen LogP contribution in [0.15, 0.2) is 48.7 Å². The molecule has 0 aliphatic carbocycles. The molecule has 0 aliphatic heterocycles. The first-order valence-corrected chi connectivity index (χ1v) is 14.8. The summed E-state index contributed by atoms with van der Waals surface area (Å²) in [6, 6.07) is 13.0. The lowest BCUT2D eigenvalue weighted by atomic mass is 10.0. The molecule has 0 saturated heterocycles. The summed E-state index contributed by atoms with van der Waals surface area (Å²) in [5, 5.41) is 0. The number of pyridine rings is 1. The average molecular weight is 571 g/mol. The Morgan fingerprint density at radius 2 is 1.45 bits per heavy atom. The van der Waals surface area contributed by atoms with E-state index in [1.165, 1.54) is 25.7 Å². The molecule has 2 heterocycles. The number of unbranched alkanes of at least 4 members (excludes halogenated alkanes) is 3. The normalized spacial score (nSPS) is 11.0. The summed E-state index contributed by atoms with van der Waals surface area (Å²) in [5.41, 5.74) is 3.59. The number of ketones is 1. The maximum absolute atomic E-state index is 13.7. The summed E-state index contributed by atoms with van der Waals surface area (Å²) in [5.74, 6) is 0.402. The highest BCUT2D eigenvalue weighted by Gasteiger charge is 2.20. The molecule has 0 aliphatic rings. The molecular formula is C33H47ClN2O4. The molecule has 3 aromatic rings. The fraction of sp³-hybridized carbons (Fsp3) is 0.515. The molecule has 0 radical (unpaired) electrons. The second kappa shape index (κ2) is 17.8. The number of fused-ring (bicyclic) bond motifs is 1. The smallest absolute Gasteiger partial charge is 0.338 e. The Morgan fingerprint density at radius 1 is 0.800 bits per heavy atom. The van der Waals surface area contributed by atoms with E-state index in [2.05, 4.69) is 25.7 Å². The van der Waals surface area contributed by atoms with Gasteiger partial charge in [-0.15, -0.1) is 12.4 Å². The van der Waals surface area contributed by atoms with E-state index in [9.17, 15) is 9.59 Å². The van der Waals surface area contributed by atoms with Crippen LogP contribution >= 0.6 is 12.4 Å². The van der Waals surface area contributed by atoms with Crippen molar-refractivity contribution < 1.29 is 19.1 Å². The topological polar surface area (TPSA) is 60.3 Å². The van der Waals surface area contributed by atoms with Crippen molar-refractivity contribution in [3.05, 3.63) is 71.0 Å². The molecule has 220 valence electrons. The summed E-state index contributed by atoms with van der Waals surface area (Å²) in [6.45, 7) is 12.8. The number of hydrogen-bond donors (Lipinski definition) is 0. The SMILES string of the molecule is CCCCc1cc2cc(C(=O)OCC)ccn2c1C(=O)c1ccc(OCCCN(CCCC)CCCC)cc1.Cl. The molecule has 0 amide bonds. The van der Waals surface area contributed by atoms with Crippen LogP contribution in [0, 0.1) is 0 Å². The number of ether oxygens (including phenoxy) is 2. The Morgan fingerprint density at radius 3 is 2.08 bits per heavy atom. The number of rotatable bonds is 18. The summed E-state index contributed by atoms with van der Waals surface area (Å²) in [7, 11) is 0. The molecule has 3 rings (SSSR count). The highest BCUT2D eigenvalue weighted by molar-refractivity contribution is 6.10. The van der Waals surface area contributed by atoms with E-state index in [1.54, 1.807) is 25.3 Å². The molecule has 7 heteroatoms. The molecular weight excluding hydrogens is 524 g/mol. The minimum absolute atomic E-state index is 0. The number of halogens is 1.